The molecule has 1 aromatic rings. The molecule has 0 radical (unpaired) electrons. The number of likely N-dealkylation sites (N-methyl/N-ethyl adjacent to an activating group) is 1. The van der Waals surface area contributed by atoms with Gasteiger partial charge in [0.25, 0.3) is 0 Å². The van der Waals surface area contributed by atoms with Crippen molar-refractivity contribution in [2.75, 3.05) is 20.6 Å². The molecular weight excluding hydrogens is 324 g/mol. The fourth-order valence-electron chi connectivity index (χ4n) is 3.17. The van der Waals surface area contributed by atoms with Crippen molar-refractivity contribution in [1.82, 2.24) is 10.2 Å². The van der Waals surface area contributed by atoms with Crippen molar-refractivity contribution < 1.29 is 0 Å². The average molecular weight is 353 g/mol. The van der Waals surface area contributed by atoms with Crippen molar-refractivity contribution in [3.63, 3.8) is 0 Å². The molecule has 0 bridgehead atoms. The Labute approximate surface area is 138 Å². The molecule has 0 amide bonds. The summed E-state index contributed by atoms with van der Waals surface area (Å²) in [4.78, 5) is 2.36. The minimum atomic E-state index is 0.646. The van der Waals surface area contributed by atoms with Crippen LogP contribution >= 0.6 is 15.9 Å². The summed E-state index contributed by atoms with van der Waals surface area (Å²) < 4.78 is 1.26. The Bertz CT molecular complexity index is 439. The van der Waals surface area contributed by atoms with Gasteiger partial charge in [-0.3, -0.25) is 0 Å². The Hall–Kier alpha value is -0.380. The van der Waals surface area contributed by atoms with E-state index in [1.54, 1.807) is 0 Å². The van der Waals surface area contributed by atoms with E-state index >= 15 is 0 Å². The van der Waals surface area contributed by atoms with Gasteiger partial charge in [0.15, 0.2) is 0 Å². The summed E-state index contributed by atoms with van der Waals surface area (Å²) in [5.74, 6) is 1.48. The van der Waals surface area contributed by atoms with Crippen LogP contribution in [-0.2, 0) is 0 Å². The van der Waals surface area contributed by atoms with Crippen molar-refractivity contribution >= 4 is 15.9 Å². The Morgan fingerprint density at radius 1 is 1.24 bits per heavy atom. The molecule has 0 saturated heterocycles. The SMILES string of the molecule is CC(C)CC(CNC1CC(c2ccccc2Br)C1)N(C)C. The highest BCUT2D eigenvalue weighted by Gasteiger charge is 2.31. The highest BCUT2D eigenvalue weighted by atomic mass is 79.9. The van der Waals surface area contributed by atoms with E-state index < -0.39 is 0 Å². The maximum absolute atomic E-state index is 3.77. The van der Waals surface area contributed by atoms with Crippen LogP contribution < -0.4 is 5.32 Å². The zero-order valence-electron chi connectivity index (χ0n) is 13.8. The van der Waals surface area contributed by atoms with Gasteiger partial charge in [-0.05, 0) is 56.8 Å². The zero-order chi connectivity index (χ0) is 15.4. The second-order valence-electron chi connectivity index (χ2n) is 7.04. The van der Waals surface area contributed by atoms with Gasteiger partial charge >= 0.3 is 0 Å². The molecule has 1 atom stereocenters. The molecule has 21 heavy (non-hydrogen) atoms. The predicted molar refractivity (Wildman–Crippen MR) is 94.8 cm³/mol. The summed E-state index contributed by atoms with van der Waals surface area (Å²) in [6.07, 6.45) is 3.80. The molecule has 2 nitrogen and oxygen atoms in total. The lowest BCUT2D eigenvalue weighted by molar-refractivity contribution is 0.214. The van der Waals surface area contributed by atoms with Gasteiger partial charge in [-0.1, -0.05) is 48.0 Å². The molecule has 0 spiro atoms. The smallest absolute Gasteiger partial charge is 0.0217 e. The number of rotatable bonds is 7. The van der Waals surface area contributed by atoms with Gasteiger partial charge in [-0.25, -0.2) is 0 Å². The van der Waals surface area contributed by atoms with Gasteiger partial charge in [0.1, 0.15) is 0 Å². The van der Waals surface area contributed by atoms with Gasteiger partial charge in [-0.2, -0.15) is 0 Å². The van der Waals surface area contributed by atoms with Crippen molar-refractivity contribution in [2.24, 2.45) is 5.92 Å². The Balaban J connectivity index is 1.76. The van der Waals surface area contributed by atoms with Crippen LogP contribution in [0, 0.1) is 5.92 Å². The first-order valence-electron chi connectivity index (χ1n) is 8.11. The number of hydrogen-bond acceptors (Lipinski definition) is 2. The molecule has 0 aliphatic heterocycles. The number of hydrogen-bond donors (Lipinski definition) is 1. The summed E-state index contributed by atoms with van der Waals surface area (Å²) in [5, 5.41) is 3.77. The standard InChI is InChI=1S/C18H29BrN2/c1-13(2)9-16(21(3)4)12-20-15-10-14(11-15)17-7-5-6-8-18(17)19/h5-8,13-16,20H,9-12H2,1-4H3. The minimum absolute atomic E-state index is 0.646. The molecule has 118 valence electrons. The Kier molecular flexibility index (Phi) is 6.27. The molecule has 2 rings (SSSR count). The average Bonchev–Trinajstić information content (AvgIpc) is 2.36. The second-order valence-corrected chi connectivity index (χ2v) is 7.90. The van der Waals surface area contributed by atoms with Crippen LogP contribution in [-0.4, -0.2) is 37.6 Å². The van der Waals surface area contributed by atoms with E-state index in [9.17, 15) is 0 Å². The topological polar surface area (TPSA) is 15.3 Å². The fourth-order valence-corrected chi connectivity index (χ4v) is 3.78. The minimum Gasteiger partial charge on any atom is -0.312 e. The molecule has 1 saturated carbocycles. The first-order chi connectivity index (χ1) is 9.97. The number of benzene rings is 1. The van der Waals surface area contributed by atoms with Crippen LogP contribution in [0.5, 0.6) is 0 Å². The second kappa shape index (κ2) is 7.75. The van der Waals surface area contributed by atoms with Gasteiger partial charge in [0, 0.05) is 23.1 Å². The Morgan fingerprint density at radius 3 is 2.48 bits per heavy atom. The summed E-state index contributed by atoms with van der Waals surface area (Å²) in [6, 6.07) is 9.98. The van der Waals surface area contributed by atoms with E-state index in [-0.39, 0.29) is 0 Å². The van der Waals surface area contributed by atoms with Crippen molar-refractivity contribution in [2.45, 2.75) is 51.1 Å². The van der Waals surface area contributed by atoms with Crippen molar-refractivity contribution in [3.8, 4) is 0 Å². The van der Waals surface area contributed by atoms with Crippen LogP contribution in [0.15, 0.2) is 28.7 Å². The first kappa shape index (κ1) is 17.0. The predicted octanol–water partition coefficient (Wildman–Crippen LogP) is 4.26. The quantitative estimate of drug-likeness (QED) is 0.788. The largest absolute Gasteiger partial charge is 0.312 e. The lowest BCUT2D eigenvalue weighted by Gasteiger charge is -2.38. The summed E-state index contributed by atoms with van der Waals surface area (Å²) in [7, 11) is 4.39. The van der Waals surface area contributed by atoms with Crippen molar-refractivity contribution in [3.05, 3.63) is 34.3 Å². The first-order valence-corrected chi connectivity index (χ1v) is 8.91. The van der Waals surface area contributed by atoms with Gasteiger partial charge in [0.05, 0.1) is 0 Å². The lowest BCUT2D eigenvalue weighted by Crippen LogP contribution is -2.47. The highest BCUT2D eigenvalue weighted by molar-refractivity contribution is 9.10. The van der Waals surface area contributed by atoms with Crippen LogP contribution in [0.3, 0.4) is 0 Å². The Morgan fingerprint density at radius 2 is 1.90 bits per heavy atom. The van der Waals surface area contributed by atoms with Crippen molar-refractivity contribution in [1.29, 1.82) is 0 Å². The zero-order valence-corrected chi connectivity index (χ0v) is 15.4. The summed E-state index contributed by atoms with van der Waals surface area (Å²) in [6.45, 7) is 5.73. The third-order valence-electron chi connectivity index (χ3n) is 4.60. The molecule has 3 heteroatoms. The van der Waals surface area contributed by atoms with E-state index in [2.05, 4.69) is 78.4 Å². The molecule has 1 unspecified atom stereocenters. The third-order valence-corrected chi connectivity index (χ3v) is 5.32. The fraction of sp³-hybridized carbons (Fsp3) is 0.667. The van der Waals surface area contributed by atoms with E-state index in [0.717, 1.165) is 18.4 Å². The third kappa shape index (κ3) is 4.80. The maximum Gasteiger partial charge on any atom is 0.0217 e. The molecule has 1 aliphatic rings. The van der Waals surface area contributed by atoms with Gasteiger partial charge in [0.2, 0.25) is 0 Å². The van der Waals surface area contributed by atoms with Gasteiger partial charge in [-0.15, -0.1) is 0 Å². The van der Waals surface area contributed by atoms with E-state index in [1.165, 1.54) is 29.3 Å². The number of halogens is 1. The van der Waals surface area contributed by atoms with Crippen LogP contribution in [0.1, 0.15) is 44.6 Å². The van der Waals surface area contributed by atoms with E-state index in [4.69, 9.17) is 0 Å². The highest BCUT2D eigenvalue weighted by Crippen LogP contribution is 2.39. The van der Waals surface area contributed by atoms with Gasteiger partial charge < -0.3 is 10.2 Å². The summed E-state index contributed by atoms with van der Waals surface area (Å²) in [5.41, 5.74) is 1.47. The molecule has 1 aliphatic carbocycles. The summed E-state index contributed by atoms with van der Waals surface area (Å²) >= 11 is 3.67. The monoisotopic (exact) mass is 352 g/mol. The van der Waals surface area contributed by atoms with Crippen LogP contribution in [0.4, 0.5) is 0 Å². The number of nitrogens with zero attached hydrogens (tertiary/aromatic N) is 1. The molecule has 1 fully saturated rings. The lowest BCUT2D eigenvalue weighted by atomic mass is 9.76. The van der Waals surface area contributed by atoms with E-state index in [0.29, 0.717) is 12.1 Å². The molecule has 0 aromatic heterocycles. The van der Waals surface area contributed by atoms with E-state index in [1.807, 2.05) is 0 Å². The molecule has 1 N–H and O–H groups in total. The molecular formula is C18H29BrN2. The normalized spacial score (nSPS) is 23.4. The molecule has 1 aromatic carbocycles. The maximum atomic E-state index is 3.77. The van der Waals surface area contributed by atoms with Crippen LogP contribution in [0.25, 0.3) is 0 Å². The molecule has 0 heterocycles. The van der Waals surface area contributed by atoms with Crippen LogP contribution in [0.2, 0.25) is 0 Å². The number of nitrogens with one attached hydrogen (secondary N) is 1.